The summed E-state index contributed by atoms with van der Waals surface area (Å²) < 4.78 is 0. The molecule has 0 amide bonds. The molecule has 0 aromatic heterocycles. The minimum Gasteiger partial charge on any atom is -0.309 e. The molecular weight excluding hydrogens is 216 g/mol. The van der Waals surface area contributed by atoms with E-state index in [4.69, 9.17) is 0 Å². The van der Waals surface area contributed by atoms with Crippen molar-refractivity contribution in [2.24, 2.45) is 5.92 Å². The highest BCUT2D eigenvalue weighted by Crippen LogP contribution is 2.40. The number of thioether (sulfide) groups is 1. The van der Waals surface area contributed by atoms with Gasteiger partial charge in [0.2, 0.25) is 0 Å². The van der Waals surface area contributed by atoms with E-state index in [0.29, 0.717) is 5.54 Å². The van der Waals surface area contributed by atoms with Gasteiger partial charge in [0, 0.05) is 25.2 Å². The SMILES string of the molecule is CCSCCCN1CCNC(C)(C2CC2)C1. The molecule has 1 saturated carbocycles. The monoisotopic (exact) mass is 242 g/mol. The van der Waals surface area contributed by atoms with Crippen molar-refractivity contribution in [1.29, 1.82) is 0 Å². The Hall–Kier alpha value is 0.270. The molecule has 1 N–H and O–H groups in total. The molecule has 2 aliphatic rings. The van der Waals surface area contributed by atoms with E-state index in [-0.39, 0.29) is 0 Å². The first-order valence-corrected chi connectivity index (χ1v) is 7.95. The van der Waals surface area contributed by atoms with E-state index < -0.39 is 0 Å². The molecule has 0 bridgehead atoms. The lowest BCUT2D eigenvalue weighted by atomic mass is 9.93. The highest BCUT2D eigenvalue weighted by atomic mass is 32.2. The Balaban J connectivity index is 1.69. The van der Waals surface area contributed by atoms with Gasteiger partial charge in [0.1, 0.15) is 0 Å². The summed E-state index contributed by atoms with van der Waals surface area (Å²) in [5.74, 6) is 3.56. The topological polar surface area (TPSA) is 15.3 Å². The Morgan fingerprint density at radius 2 is 2.25 bits per heavy atom. The Bertz CT molecular complexity index is 218. The van der Waals surface area contributed by atoms with Crippen LogP contribution in [0.25, 0.3) is 0 Å². The minimum absolute atomic E-state index is 0.427. The fourth-order valence-electron chi connectivity index (χ4n) is 2.82. The second kappa shape index (κ2) is 5.74. The molecule has 1 atom stereocenters. The lowest BCUT2D eigenvalue weighted by Crippen LogP contribution is -2.60. The molecule has 1 saturated heterocycles. The Labute approximate surface area is 105 Å². The smallest absolute Gasteiger partial charge is 0.0309 e. The van der Waals surface area contributed by atoms with Gasteiger partial charge in [-0.25, -0.2) is 0 Å². The second-order valence-corrected chi connectivity index (χ2v) is 6.84. The summed E-state index contributed by atoms with van der Waals surface area (Å²) in [5, 5.41) is 3.74. The van der Waals surface area contributed by atoms with Crippen LogP contribution < -0.4 is 5.32 Å². The van der Waals surface area contributed by atoms with Crippen LogP contribution in [0.1, 0.15) is 33.1 Å². The van der Waals surface area contributed by atoms with Crippen molar-refractivity contribution >= 4 is 11.8 Å². The predicted octanol–water partition coefficient (Wildman–Crippen LogP) is 2.20. The summed E-state index contributed by atoms with van der Waals surface area (Å²) >= 11 is 2.07. The molecule has 0 radical (unpaired) electrons. The van der Waals surface area contributed by atoms with Crippen LogP contribution in [0.5, 0.6) is 0 Å². The van der Waals surface area contributed by atoms with Gasteiger partial charge in [0.05, 0.1) is 0 Å². The van der Waals surface area contributed by atoms with Gasteiger partial charge in [0.25, 0.3) is 0 Å². The van der Waals surface area contributed by atoms with Gasteiger partial charge in [-0.05, 0) is 50.2 Å². The summed E-state index contributed by atoms with van der Waals surface area (Å²) in [4.78, 5) is 2.67. The third-order valence-corrected chi connectivity index (χ3v) is 4.94. The van der Waals surface area contributed by atoms with E-state index in [1.165, 1.54) is 56.9 Å². The van der Waals surface area contributed by atoms with Gasteiger partial charge >= 0.3 is 0 Å². The van der Waals surface area contributed by atoms with Crippen molar-refractivity contribution in [1.82, 2.24) is 10.2 Å². The third-order valence-electron chi connectivity index (χ3n) is 3.95. The average molecular weight is 242 g/mol. The Kier molecular flexibility index (Phi) is 4.57. The maximum absolute atomic E-state index is 3.74. The normalized spacial score (nSPS) is 31.9. The van der Waals surface area contributed by atoms with Crippen molar-refractivity contribution in [2.45, 2.75) is 38.6 Å². The van der Waals surface area contributed by atoms with Crippen molar-refractivity contribution in [3.63, 3.8) is 0 Å². The largest absolute Gasteiger partial charge is 0.309 e. The summed E-state index contributed by atoms with van der Waals surface area (Å²) in [5.41, 5.74) is 0.427. The van der Waals surface area contributed by atoms with Gasteiger partial charge < -0.3 is 10.2 Å². The first kappa shape index (κ1) is 12.7. The zero-order valence-corrected chi connectivity index (χ0v) is 11.6. The number of nitrogens with one attached hydrogen (secondary N) is 1. The molecule has 1 aliphatic carbocycles. The molecule has 1 aliphatic heterocycles. The van der Waals surface area contributed by atoms with Crippen molar-refractivity contribution in [3.05, 3.63) is 0 Å². The number of nitrogens with zero attached hydrogens (tertiary/aromatic N) is 1. The molecule has 1 heterocycles. The van der Waals surface area contributed by atoms with Crippen molar-refractivity contribution in [2.75, 3.05) is 37.7 Å². The van der Waals surface area contributed by atoms with Crippen LogP contribution >= 0.6 is 11.8 Å². The standard InChI is InChI=1S/C13H26N2S/c1-3-16-10-4-8-15-9-7-14-13(2,11-15)12-5-6-12/h12,14H,3-11H2,1-2H3. The summed E-state index contributed by atoms with van der Waals surface area (Å²) in [7, 11) is 0. The maximum Gasteiger partial charge on any atom is 0.0309 e. The molecular formula is C13H26N2S. The highest BCUT2D eigenvalue weighted by Gasteiger charge is 2.43. The number of hydrogen-bond donors (Lipinski definition) is 1. The van der Waals surface area contributed by atoms with Crippen LogP contribution in [0.15, 0.2) is 0 Å². The van der Waals surface area contributed by atoms with Crippen LogP contribution in [0.3, 0.4) is 0 Å². The second-order valence-electron chi connectivity index (χ2n) is 5.45. The number of rotatable bonds is 6. The van der Waals surface area contributed by atoms with Gasteiger partial charge in [-0.3, -0.25) is 0 Å². The van der Waals surface area contributed by atoms with Gasteiger partial charge in [-0.1, -0.05) is 6.92 Å². The van der Waals surface area contributed by atoms with E-state index >= 15 is 0 Å². The van der Waals surface area contributed by atoms with Crippen LogP contribution in [0.4, 0.5) is 0 Å². The third kappa shape index (κ3) is 3.38. The van der Waals surface area contributed by atoms with E-state index in [0.717, 1.165) is 5.92 Å². The van der Waals surface area contributed by atoms with Gasteiger partial charge in [-0.2, -0.15) is 11.8 Å². The zero-order valence-electron chi connectivity index (χ0n) is 10.8. The molecule has 2 nitrogen and oxygen atoms in total. The molecule has 0 spiro atoms. The molecule has 0 aromatic rings. The number of hydrogen-bond acceptors (Lipinski definition) is 3. The van der Waals surface area contributed by atoms with E-state index in [9.17, 15) is 0 Å². The van der Waals surface area contributed by atoms with E-state index in [1.807, 2.05) is 0 Å². The summed E-state index contributed by atoms with van der Waals surface area (Å²) in [6.45, 7) is 9.69. The Morgan fingerprint density at radius 3 is 2.94 bits per heavy atom. The fraction of sp³-hybridized carbons (Fsp3) is 1.00. The quantitative estimate of drug-likeness (QED) is 0.719. The van der Waals surface area contributed by atoms with Crippen LogP contribution in [0.2, 0.25) is 0 Å². The lowest BCUT2D eigenvalue weighted by Gasteiger charge is -2.42. The lowest BCUT2D eigenvalue weighted by molar-refractivity contribution is 0.128. The van der Waals surface area contributed by atoms with Crippen molar-refractivity contribution < 1.29 is 0 Å². The fourth-order valence-corrected chi connectivity index (χ4v) is 3.44. The first-order valence-electron chi connectivity index (χ1n) is 6.80. The molecule has 1 unspecified atom stereocenters. The van der Waals surface area contributed by atoms with Crippen LogP contribution in [-0.2, 0) is 0 Å². The van der Waals surface area contributed by atoms with Gasteiger partial charge in [-0.15, -0.1) is 0 Å². The van der Waals surface area contributed by atoms with Gasteiger partial charge in [0.15, 0.2) is 0 Å². The predicted molar refractivity (Wildman–Crippen MR) is 73.2 cm³/mol. The summed E-state index contributed by atoms with van der Waals surface area (Å²) in [6.07, 6.45) is 4.26. The van der Waals surface area contributed by atoms with Crippen LogP contribution in [-0.4, -0.2) is 48.1 Å². The van der Waals surface area contributed by atoms with E-state index in [1.54, 1.807) is 0 Å². The van der Waals surface area contributed by atoms with E-state index in [2.05, 4.69) is 35.8 Å². The number of piperazine rings is 1. The zero-order chi connectivity index (χ0) is 11.4. The molecule has 2 rings (SSSR count). The van der Waals surface area contributed by atoms with Crippen LogP contribution in [0, 0.1) is 5.92 Å². The molecule has 16 heavy (non-hydrogen) atoms. The first-order chi connectivity index (χ1) is 7.74. The maximum atomic E-state index is 3.74. The Morgan fingerprint density at radius 1 is 1.44 bits per heavy atom. The molecule has 2 fully saturated rings. The van der Waals surface area contributed by atoms with Crippen molar-refractivity contribution in [3.8, 4) is 0 Å². The molecule has 3 heteroatoms. The highest BCUT2D eigenvalue weighted by molar-refractivity contribution is 7.99. The average Bonchev–Trinajstić information content (AvgIpc) is 3.09. The molecule has 94 valence electrons. The summed E-state index contributed by atoms with van der Waals surface area (Å²) in [6, 6.07) is 0. The minimum atomic E-state index is 0.427. The molecule has 0 aromatic carbocycles.